The van der Waals surface area contributed by atoms with Gasteiger partial charge >= 0.3 is 5.69 Å². The molecule has 0 saturated carbocycles. The normalized spacial score (nSPS) is 19.1. The van der Waals surface area contributed by atoms with Gasteiger partial charge in [0.05, 0.1) is 6.04 Å². The molecule has 0 bridgehead atoms. The number of benzene rings is 2. The largest absolute Gasteiger partial charge is 0.351 e. The number of hydrogen-bond donors (Lipinski definition) is 0. The van der Waals surface area contributed by atoms with E-state index >= 15 is 0 Å². The molecule has 1 aliphatic heterocycles. The standard InChI is InChI=1S/C25H27F2N7O/c1-15-14-34(23-21-24(32(4)30-29-21)31(3)25(35)28-23)16(2)13-33(15)22(17-5-9-19(26)10-6-17)18-7-11-20(27)12-8-18/h5-12,15-16,22H,13-14H2,1-4H3/t15-,16+/m1/s1. The third-order valence-corrected chi connectivity index (χ3v) is 6.82. The highest BCUT2D eigenvalue weighted by Crippen LogP contribution is 2.35. The molecule has 8 nitrogen and oxygen atoms in total. The minimum Gasteiger partial charge on any atom is -0.349 e. The maximum Gasteiger partial charge on any atom is 0.351 e. The third-order valence-electron chi connectivity index (χ3n) is 6.82. The topological polar surface area (TPSA) is 72.1 Å². The van der Waals surface area contributed by atoms with Gasteiger partial charge in [0.1, 0.15) is 11.6 Å². The van der Waals surface area contributed by atoms with Gasteiger partial charge in [0.25, 0.3) is 0 Å². The number of fused-ring (bicyclic) bond motifs is 1. The third kappa shape index (κ3) is 4.07. The lowest BCUT2D eigenvalue weighted by Gasteiger charge is -2.48. The number of rotatable bonds is 4. The van der Waals surface area contributed by atoms with Crippen molar-refractivity contribution in [2.75, 3.05) is 18.0 Å². The van der Waals surface area contributed by atoms with Crippen molar-refractivity contribution >= 4 is 17.0 Å². The van der Waals surface area contributed by atoms with Crippen molar-refractivity contribution < 1.29 is 8.78 Å². The van der Waals surface area contributed by atoms with Crippen molar-refractivity contribution in [2.24, 2.45) is 14.1 Å². The van der Waals surface area contributed by atoms with Gasteiger partial charge < -0.3 is 4.90 Å². The molecule has 3 heterocycles. The molecule has 1 fully saturated rings. The molecule has 2 aromatic carbocycles. The van der Waals surface area contributed by atoms with E-state index in [2.05, 4.69) is 38.9 Å². The molecule has 0 radical (unpaired) electrons. The SMILES string of the molecule is C[C@@H]1CN(c2nc(=O)n(C)c3c2nnn3C)[C@@H](C)CN1C(c1ccc(F)cc1)c1ccc(F)cc1. The van der Waals surface area contributed by atoms with E-state index in [1.54, 1.807) is 43.0 Å². The first-order chi connectivity index (χ1) is 16.7. The molecule has 0 unspecified atom stereocenters. The second-order valence-corrected chi connectivity index (χ2v) is 9.22. The average Bonchev–Trinajstić information content (AvgIpc) is 3.22. The van der Waals surface area contributed by atoms with E-state index in [4.69, 9.17) is 0 Å². The fourth-order valence-corrected chi connectivity index (χ4v) is 5.06. The van der Waals surface area contributed by atoms with Gasteiger partial charge in [-0.05, 0) is 49.2 Å². The Bertz CT molecular complexity index is 1370. The number of piperazine rings is 1. The summed E-state index contributed by atoms with van der Waals surface area (Å²) >= 11 is 0. The van der Waals surface area contributed by atoms with Gasteiger partial charge in [0, 0.05) is 39.3 Å². The van der Waals surface area contributed by atoms with Crippen LogP contribution in [0.1, 0.15) is 31.0 Å². The lowest BCUT2D eigenvalue weighted by Crippen LogP contribution is -2.58. The van der Waals surface area contributed by atoms with Gasteiger partial charge in [0.2, 0.25) is 0 Å². The second-order valence-electron chi connectivity index (χ2n) is 9.22. The lowest BCUT2D eigenvalue weighted by molar-refractivity contribution is 0.129. The van der Waals surface area contributed by atoms with E-state index in [1.165, 1.54) is 28.8 Å². The van der Waals surface area contributed by atoms with Gasteiger partial charge in [-0.15, -0.1) is 5.10 Å². The van der Waals surface area contributed by atoms with Crippen LogP contribution in [0.3, 0.4) is 0 Å². The molecule has 0 spiro atoms. The van der Waals surface area contributed by atoms with Crippen LogP contribution in [0.25, 0.3) is 11.2 Å². The van der Waals surface area contributed by atoms with Crippen LogP contribution < -0.4 is 10.6 Å². The molecule has 1 aliphatic rings. The van der Waals surface area contributed by atoms with Crippen LogP contribution in [0.15, 0.2) is 53.3 Å². The summed E-state index contributed by atoms with van der Waals surface area (Å²) in [5, 5.41) is 8.39. The molecule has 2 atom stereocenters. The van der Waals surface area contributed by atoms with Crippen molar-refractivity contribution in [1.82, 2.24) is 29.4 Å². The molecular formula is C25H27F2N7O. The van der Waals surface area contributed by atoms with E-state index in [9.17, 15) is 13.6 Å². The first-order valence-corrected chi connectivity index (χ1v) is 11.5. The Balaban J connectivity index is 1.53. The first kappa shape index (κ1) is 23.1. The van der Waals surface area contributed by atoms with E-state index in [0.717, 1.165) is 11.1 Å². The molecule has 2 aromatic heterocycles. The minimum absolute atomic E-state index is 0.0144. The molecule has 1 saturated heterocycles. The van der Waals surface area contributed by atoms with Gasteiger partial charge in [-0.1, -0.05) is 29.5 Å². The zero-order valence-electron chi connectivity index (χ0n) is 20.1. The van der Waals surface area contributed by atoms with Crippen LogP contribution in [0.5, 0.6) is 0 Å². The summed E-state index contributed by atoms with van der Waals surface area (Å²) in [5.41, 5.74) is 2.67. The van der Waals surface area contributed by atoms with Crippen LogP contribution in [0, 0.1) is 11.6 Å². The quantitative estimate of drug-likeness (QED) is 0.448. The summed E-state index contributed by atoms with van der Waals surface area (Å²) < 4.78 is 30.4. The summed E-state index contributed by atoms with van der Waals surface area (Å²) in [6.45, 7) is 5.41. The van der Waals surface area contributed by atoms with Crippen LogP contribution in [0.4, 0.5) is 14.6 Å². The van der Waals surface area contributed by atoms with E-state index in [-0.39, 0.29) is 35.4 Å². The molecule has 10 heteroatoms. The predicted molar refractivity (Wildman–Crippen MR) is 129 cm³/mol. The highest BCUT2D eigenvalue weighted by atomic mass is 19.1. The molecule has 0 N–H and O–H groups in total. The lowest BCUT2D eigenvalue weighted by atomic mass is 9.93. The number of aryl methyl sites for hydroxylation is 2. The van der Waals surface area contributed by atoms with Gasteiger partial charge in [-0.25, -0.2) is 18.3 Å². The maximum absolute atomic E-state index is 13.7. The number of nitrogens with zero attached hydrogens (tertiary/aromatic N) is 7. The smallest absolute Gasteiger partial charge is 0.349 e. The summed E-state index contributed by atoms with van der Waals surface area (Å²) in [5.74, 6) is -0.0829. The number of hydrogen-bond acceptors (Lipinski definition) is 6. The predicted octanol–water partition coefficient (Wildman–Crippen LogP) is 3.03. The molecule has 0 aliphatic carbocycles. The highest BCUT2D eigenvalue weighted by molar-refractivity contribution is 5.83. The summed E-state index contributed by atoms with van der Waals surface area (Å²) in [7, 11) is 3.41. The van der Waals surface area contributed by atoms with E-state index in [1.807, 2.05) is 0 Å². The summed E-state index contributed by atoms with van der Waals surface area (Å²) in [6.07, 6.45) is 0. The Morgan fingerprint density at radius 1 is 0.886 bits per heavy atom. The Morgan fingerprint density at radius 3 is 2.03 bits per heavy atom. The molecule has 5 rings (SSSR count). The van der Waals surface area contributed by atoms with Crippen LogP contribution in [-0.2, 0) is 14.1 Å². The highest BCUT2D eigenvalue weighted by Gasteiger charge is 2.36. The van der Waals surface area contributed by atoms with Gasteiger partial charge in [0.15, 0.2) is 17.0 Å². The van der Waals surface area contributed by atoms with Crippen LogP contribution in [0.2, 0.25) is 0 Å². The fourth-order valence-electron chi connectivity index (χ4n) is 5.06. The number of halogens is 2. The Labute approximate surface area is 201 Å². The average molecular weight is 480 g/mol. The number of aromatic nitrogens is 5. The molecular weight excluding hydrogens is 452 g/mol. The summed E-state index contributed by atoms with van der Waals surface area (Å²) in [4.78, 5) is 21.4. The van der Waals surface area contributed by atoms with Crippen molar-refractivity contribution in [3.63, 3.8) is 0 Å². The Hall–Kier alpha value is -3.66. The molecule has 182 valence electrons. The maximum atomic E-state index is 13.7. The molecule has 0 amide bonds. The van der Waals surface area contributed by atoms with Gasteiger partial charge in [-0.2, -0.15) is 4.98 Å². The monoisotopic (exact) mass is 479 g/mol. The zero-order chi connectivity index (χ0) is 24.9. The van der Waals surface area contributed by atoms with Crippen molar-refractivity contribution in [1.29, 1.82) is 0 Å². The molecule has 4 aromatic rings. The van der Waals surface area contributed by atoms with Crippen molar-refractivity contribution in [2.45, 2.75) is 32.0 Å². The van der Waals surface area contributed by atoms with E-state index in [0.29, 0.717) is 30.1 Å². The molecule has 35 heavy (non-hydrogen) atoms. The Kier molecular flexibility index (Phi) is 5.84. The van der Waals surface area contributed by atoms with Crippen LogP contribution in [-0.4, -0.2) is 54.6 Å². The van der Waals surface area contributed by atoms with E-state index < -0.39 is 0 Å². The zero-order valence-corrected chi connectivity index (χ0v) is 20.1. The second kappa shape index (κ2) is 8.84. The van der Waals surface area contributed by atoms with Crippen molar-refractivity contribution in [3.05, 3.63) is 81.8 Å². The first-order valence-electron chi connectivity index (χ1n) is 11.5. The van der Waals surface area contributed by atoms with Crippen LogP contribution >= 0.6 is 0 Å². The minimum atomic E-state index is -0.365. The summed E-state index contributed by atoms with van der Waals surface area (Å²) in [6, 6.07) is 12.7. The van der Waals surface area contributed by atoms with Crippen molar-refractivity contribution in [3.8, 4) is 0 Å². The number of anilines is 1. The fraction of sp³-hybridized carbons (Fsp3) is 0.360. The Morgan fingerprint density at radius 2 is 1.46 bits per heavy atom. The van der Waals surface area contributed by atoms with Gasteiger partial charge in [-0.3, -0.25) is 9.47 Å².